The second-order valence-corrected chi connectivity index (χ2v) is 5.62. The van der Waals surface area contributed by atoms with E-state index < -0.39 is 5.97 Å². The van der Waals surface area contributed by atoms with E-state index in [1.54, 1.807) is 12.1 Å². The zero-order chi connectivity index (χ0) is 14.6. The summed E-state index contributed by atoms with van der Waals surface area (Å²) >= 11 is 0. The number of esters is 1. The van der Waals surface area contributed by atoms with Crippen molar-refractivity contribution in [2.24, 2.45) is 0 Å². The van der Waals surface area contributed by atoms with E-state index in [1.165, 1.54) is 0 Å². The van der Waals surface area contributed by atoms with Crippen LogP contribution in [0.1, 0.15) is 42.3 Å². The van der Waals surface area contributed by atoms with E-state index in [2.05, 4.69) is 5.32 Å². The molecule has 0 aliphatic carbocycles. The van der Waals surface area contributed by atoms with Gasteiger partial charge in [-0.05, 0) is 51.8 Å². The van der Waals surface area contributed by atoms with Crippen LogP contribution in [0.3, 0.4) is 0 Å². The second kappa shape index (κ2) is 5.87. The van der Waals surface area contributed by atoms with E-state index in [1.807, 2.05) is 40.7 Å². The predicted octanol–water partition coefficient (Wildman–Crippen LogP) is 2.37. The number of hydrogen-bond acceptors (Lipinski definition) is 3. The Morgan fingerprint density at radius 3 is 2.42 bits per heavy atom. The van der Waals surface area contributed by atoms with Gasteiger partial charge in [0.2, 0.25) is 0 Å². The number of amides is 1. The molecule has 0 spiro atoms. The van der Waals surface area contributed by atoms with E-state index in [9.17, 15) is 9.59 Å². The Bertz CT molecular complexity index is 487. The van der Waals surface area contributed by atoms with Gasteiger partial charge in [0, 0.05) is 5.54 Å². The smallest absolute Gasteiger partial charge is 0.338 e. The van der Waals surface area contributed by atoms with Gasteiger partial charge in [0.1, 0.15) is 0 Å². The van der Waals surface area contributed by atoms with Gasteiger partial charge in [-0.15, -0.1) is 0 Å². The monoisotopic (exact) mass is 263 g/mol. The van der Waals surface area contributed by atoms with Crippen LogP contribution < -0.4 is 5.32 Å². The van der Waals surface area contributed by atoms with Crippen LogP contribution in [0.2, 0.25) is 0 Å². The molecule has 1 rings (SSSR count). The SMILES string of the molecule is Cc1cccc(C(=O)OCC(=O)NC(C)(C)C)c1C. The number of nitrogens with one attached hydrogen (secondary N) is 1. The van der Waals surface area contributed by atoms with E-state index in [0.717, 1.165) is 11.1 Å². The van der Waals surface area contributed by atoms with Crippen LogP contribution in [-0.4, -0.2) is 24.0 Å². The van der Waals surface area contributed by atoms with E-state index >= 15 is 0 Å². The summed E-state index contributed by atoms with van der Waals surface area (Å²) in [5.41, 5.74) is 2.07. The first-order valence-corrected chi connectivity index (χ1v) is 6.25. The average Bonchev–Trinajstić information content (AvgIpc) is 2.27. The molecule has 1 amide bonds. The maximum Gasteiger partial charge on any atom is 0.338 e. The van der Waals surface area contributed by atoms with Gasteiger partial charge >= 0.3 is 5.97 Å². The lowest BCUT2D eigenvalue weighted by Gasteiger charge is -2.20. The van der Waals surface area contributed by atoms with E-state index in [-0.39, 0.29) is 18.1 Å². The normalized spacial score (nSPS) is 11.0. The maximum absolute atomic E-state index is 11.9. The van der Waals surface area contributed by atoms with Gasteiger partial charge in [-0.3, -0.25) is 4.79 Å². The zero-order valence-corrected chi connectivity index (χ0v) is 12.2. The van der Waals surface area contributed by atoms with Crippen molar-refractivity contribution in [2.45, 2.75) is 40.2 Å². The molecule has 0 aliphatic heterocycles. The summed E-state index contributed by atoms with van der Waals surface area (Å²) in [6.07, 6.45) is 0. The van der Waals surface area contributed by atoms with Crippen LogP contribution in [0.4, 0.5) is 0 Å². The molecule has 4 nitrogen and oxygen atoms in total. The highest BCUT2D eigenvalue weighted by Crippen LogP contribution is 2.13. The predicted molar refractivity (Wildman–Crippen MR) is 74.1 cm³/mol. The summed E-state index contributed by atoms with van der Waals surface area (Å²) in [6, 6.07) is 5.43. The highest BCUT2D eigenvalue weighted by Gasteiger charge is 2.17. The lowest BCUT2D eigenvalue weighted by Crippen LogP contribution is -2.42. The van der Waals surface area contributed by atoms with Crippen molar-refractivity contribution in [3.63, 3.8) is 0 Å². The molecule has 0 saturated carbocycles. The average molecular weight is 263 g/mol. The lowest BCUT2D eigenvalue weighted by molar-refractivity contribution is -0.125. The second-order valence-electron chi connectivity index (χ2n) is 5.62. The fourth-order valence-corrected chi connectivity index (χ4v) is 1.64. The van der Waals surface area contributed by atoms with Crippen LogP contribution >= 0.6 is 0 Å². The highest BCUT2D eigenvalue weighted by atomic mass is 16.5. The molecule has 0 fully saturated rings. The van der Waals surface area contributed by atoms with E-state index in [4.69, 9.17) is 4.74 Å². The Hall–Kier alpha value is -1.84. The first-order valence-electron chi connectivity index (χ1n) is 6.25. The number of ether oxygens (including phenoxy) is 1. The first-order chi connectivity index (χ1) is 8.70. The summed E-state index contributed by atoms with van der Waals surface area (Å²) in [6.45, 7) is 9.15. The molecule has 104 valence electrons. The van der Waals surface area contributed by atoms with Crippen LogP contribution in [-0.2, 0) is 9.53 Å². The molecule has 1 aromatic carbocycles. The molecule has 0 saturated heterocycles. The number of rotatable bonds is 3. The van der Waals surface area contributed by atoms with E-state index in [0.29, 0.717) is 5.56 Å². The van der Waals surface area contributed by atoms with Gasteiger partial charge in [0.15, 0.2) is 6.61 Å². The van der Waals surface area contributed by atoms with Crippen LogP contribution in [0.5, 0.6) is 0 Å². The molecular weight excluding hydrogens is 242 g/mol. The standard InChI is InChI=1S/C15H21NO3/c1-10-7-6-8-12(11(10)2)14(18)19-9-13(17)16-15(3,4)5/h6-8H,9H2,1-5H3,(H,16,17). The Labute approximate surface area is 114 Å². The number of aryl methyl sites for hydroxylation is 1. The topological polar surface area (TPSA) is 55.4 Å². The third kappa shape index (κ3) is 4.73. The molecule has 0 atom stereocenters. The molecule has 0 bridgehead atoms. The third-order valence-corrected chi connectivity index (χ3v) is 2.67. The van der Waals surface area contributed by atoms with Gasteiger partial charge in [-0.25, -0.2) is 4.79 Å². The van der Waals surface area contributed by atoms with Gasteiger partial charge in [0.25, 0.3) is 5.91 Å². The first kappa shape index (κ1) is 15.2. The van der Waals surface area contributed by atoms with Gasteiger partial charge < -0.3 is 10.1 Å². The van der Waals surface area contributed by atoms with Crippen LogP contribution in [0.15, 0.2) is 18.2 Å². The zero-order valence-electron chi connectivity index (χ0n) is 12.2. The minimum Gasteiger partial charge on any atom is -0.452 e. The van der Waals surface area contributed by atoms with Crippen molar-refractivity contribution in [3.05, 3.63) is 34.9 Å². The molecule has 0 radical (unpaired) electrons. The Morgan fingerprint density at radius 2 is 1.84 bits per heavy atom. The van der Waals surface area contributed by atoms with Gasteiger partial charge in [-0.2, -0.15) is 0 Å². The van der Waals surface area contributed by atoms with Gasteiger partial charge in [0.05, 0.1) is 5.56 Å². The number of carbonyl (C=O) groups excluding carboxylic acids is 2. The molecule has 0 unspecified atom stereocenters. The fraction of sp³-hybridized carbons (Fsp3) is 0.467. The van der Waals surface area contributed by atoms with Crippen molar-refractivity contribution in [3.8, 4) is 0 Å². The van der Waals surface area contributed by atoms with Crippen molar-refractivity contribution >= 4 is 11.9 Å². The Morgan fingerprint density at radius 1 is 1.21 bits per heavy atom. The van der Waals surface area contributed by atoms with Crippen LogP contribution in [0, 0.1) is 13.8 Å². The van der Waals surface area contributed by atoms with Gasteiger partial charge in [-0.1, -0.05) is 12.1 Å². The third-order valence-electron chi connectivity index (χ3n) is 2.67. The molecular formula is C15H21NO3. The number of carbonyl (C=O) groups is 2. The molecule has 0 aliphatic rings. The lowest BCUT2D eigenvalue weighted by atomic mass is 10.0. The summed E-state index contributed by atoms with van der Waals surface area (Å²) in [5, 5.41) is 2.74. The highest BCUT2D eigenvalue weighted by molar-refractivity contribution is 5.93. The molecule has 0 aromatic heterocycles. The molecule has 1 N–H and O–H groups in total. The molecule has 0 heterocycles. The number of hydrogen-bond donors (Lipinski definition) is 1. The quantitative estimate of drug-likeness (QED) is 0.852. The maximum atomic E-state index is 11.9. The largest absolute Gasteiger partial charge is 0.452 e. The molecule has 19 heavy (non-hydrogen) atoms. The van der Waals surface area contributed by atoms with Crippen molar-refractivity contribution in [1.82, 2.24) is 5.32 Å². The Kier molecular flexibility index (Phi) is 4.70. The molecule has 4 heteroatoms. The van der Waals surface area contributed by atoms with Crippen molar-refractivity contribution in [2.75, 3.05) is 6.61 Å². The minimum absolute atomic E-state index is 0.260. The summed E-state index contributed by atoms with van der Waals surface area (Å²) in [4.78, 5) is 23.4. The summed E-state index contributed by atoms with van der Waals surface area (Å²) < 4.78 is 5.02. The van der Waals surface area contributed by atoms with Crippen molar-refractivity contribution < 1.29 is 14.3 Å². The minimum atomic E-state index is -0.467. The van der Waals surface area contributed by atoms with Crippen molar-refractivity contribution in [1.29, 1.82) is 0 Å². The van der Waals surface area contributed by atoms with Crippen LogP contribution in [0.25, 0.3) is 0 Å². The summed E-state index contributed by atoms with van der Waals surface area (Å²) in [7, 11) is 0. The number of benzene rings is 1. The Balaban J connectivity index is 2.61. The molecule has 1 aromatic rings. The summed E-state index contributed by atoms with van der Waals surface area (Å²) in [5.74, 6) is -0.767. The fourth-order valence-electron chi connectivity index (χ4n) is 1.64.